The highest BCUT2D eigenvalue weighted by Gasteiger charge is 2.28. The molecule has 18 heavy (non-hydrogen) atoms. The fourth-order valence-electron chi connectivity index (χ4n) is 2.61. The molecule has 1 saturated heterocycles. The number of carbonyl (C=O) groups is 1. The molecule has 2 aromatic rings. The molecule has 1 aromatic heterocycles. The maximum atomic E-state index is 11.3. The second-order valence-corrected chi connectivity index (χ2v) is 4.48. The molecule has 1 aromatic carbocycles. The second kappa shape index (κ2) is 4.34. The standard InChI is InChI=1S/C13H15N3O2/c17-13(18)16-7-6-14-8-12(16)10-2-1-3-11-9(10)4-5-15-11/h1-5,12,14-15H,6-8H2,(H,17,18). The van der Waals surface area contributed by atoms with Gasteiger partial charge in [-0.15, -0.1) is 0 Å². The maximum absolute atomic E-state index is 11.3. The Hall–Kier alpha value is -2.01. The molecule has 0 spiro atoms. The zero-order chi connectivity index (χ0) is 12.5. The van der Waals surface area contributed by atoms with Gasteiger partial charge in [0.25, 0.3) is 0 Å². The average Bonchev–Trinajstić information content (AvgIpc) is 2.86. The summed E-state index contributed by atoms with van der Waals surface area (Å²) in [4.78, 5) is 16.0. The predicted molar refractivity (Wildman–Crippen MR) is 68.6 cm³/mol. The molecule has 1 fully saturated rings. The number of nitrogens with zero attached hydrogens (tertiary/aromatic N) is 1. The van der Waals surface area contributed by atoms with E-state index in [1.807, 2.05) is 30.5 Å². The minimum atomic E-state index is -0.853. The van der Waals surface area contributed by atoms with E-state index in [2.05, 4.69) is 10.3 Å². The van der Waals surface area contributed by atoms with Crippen molar-refractivity contribution in [2.24, 2.45) is 0 Å². The maximum Gasteiger partial charge on any atom is 0.407 e. The summed E-state index contributed by atoms with van der Waals surface area (Å²) in [6.07, 6.45) is 1.03. The van der Waals surface area contributed by atoms with Crippen LogP contribution in [0.1, 0.15) is 11.6 Å². The zero-order valence-electron chi connectivity index (χ0n) is 9.89. The minimum absolute atomic E-state index is 0.115. The lowest BCUT2D eigenvalue weighted by Gasteiger charge is -2.34. The molecule has 0 aliphatic carbocycles. The van der Waals surface area contributed by atoms with Gasteiger partial charge in [-0.1, -0.05) is 12.1 Å². The summed E-state index contributed by atoms with van der Waals surface area (Å²) in [5.74, 6) is 0. The first-order valence-electron chi connectivity index (χ1n) is 6.03. The smallest absolute Gasteiger partial charge is 0.407 e. The highest BCUT2D eigenvalue weighted by Crippen LogP contribution is 2.28. The van der Waals surface area contributed by atoms with Gasteiger partial charge in [0.05, 0.1) is 6.04 Å². The van der Waals surface area contributed by atoms with E-state index in [1.165, 1.54) is 4.90 Å². The van der Waals surface area contributed by atoms with Gasteiger partial charge in [-0.3, -0.25) is 4.90 Å². The van der Waals surface area contributed by atoms with Gasteiger partial charge >= 0.3 is 6.09 Å². The van der Waals surface area contributed by atoms with Crippen LogP contribution in [0.15, 0.2) is 30.5 Å². The van der Waals surface area contributed by atoms with Crippen LogP contribution in [0.3, 0.4) is 0 Å². The molecular weight excluding hydrogens is 230 g/mol. The average molecular weight is 245 g/mol. The number of benzene rings is 1. The summed E-state index contributed by atoms with van der Waals surface area (Å²) in [6, 6.07) is 7.85. The predicted octanol–water partition coefficient (Wildman–Crippen LogP) is 1.79. The van der Waals surface area contributed by atoms with E-state index >= 15 is 0 Å². The van der Waals surface area contributed by atoms with Crippen molar-refractivity contribution in [3.63, 3.8) is 0 Å². The topological polar surface area (TPSA) is 68.4 Å². The molecule has 1 atom stereocenters. The Morgan fingerprint density at radius 3 is 3.11 bits per heavy atom. The van der Waals surface area contributed by atoms with E-state index in [4.69, 9.17) is 0 Å². The Morgan fingerprint density at radius 1 is 1.39 bits per heavy atom. The van der Waals surface area contributed by atoms with Crippen LogP contribution in [0, 0.1) is 0 Å². The summed E-state index contributed by atoms with van der Waals surface area (Å²) in [7, 11) is 0. The lowest BCUT2D eigenvalue weighted by Crippen LogP contribution is -2.48. The van der Waals surface area contributed by atoms with Crippen LogP contribution in [0.2, 0.25) is 0 Å². The second-order valence-electron chi connectivity index (χ2n) is 4.48. The van der Waals surface area contributed by atoms with Gasteiger partial charge < -0.3 is 15.4 Å². The summed E-state index contributed by atoms with van der Waals surface area (Å²) in [5.41, 5.74) is 2.10. The Labute approximate surface area is 104 Å². The molecule has 0 radical (unpaired) electrons. The van der Waals surface area contributed by atoms with E-state index in [9.17, 15) is 9.90 Å². The Morgan fingerprint density at radius 2 is 2.28 bits per heavy atom. The van der Waals surface area contributed by atoms with Crippen LogP contribution < -0.4 is 5.32 Å². The number of piperazine rings is 1. The van der Waals surface area contributed by atoms with Gasteiger partial charge in [0.2, 0.25) is 0 Å². The van der Waals surface area contributed by atoms with Crippen LogP contribution in [-0.4, -0.2) is 40.7 Å². The first-order valence-corrected chi connectivity index (χ1v) is 6.03. The zero-order valence-corrected chi connectivity index (χ0v) is 9.89. The molecule has 2 heterocycles. The van der Waals surface area contributed by atoms with Gasteiger partial charge in [-0.2, -0.15) is 0 Å². The molecule has 1 aliphatic rings. The molecule has 0 bridgehead atoms. The number of rotatable bonds is 1. The third kappa shape index (κ3) is 1.73. The molecular formula is C13H15N3O2. The van der Waals surface area contributed by atoms with Crippen LogP contribution in [0.25, 0.3) is 10.9 Å². The first kappa shape index (κ1) is 11.1. The molecule has 94 valence electrons. The number of nitrogens with one attached hydrogen (secondary N) is 2. The van der Waals surface area contributed by atoms with E-state index in [1.54, 1.807) is 0 Å². The highest BCUT2D eigenvalue weighted by molar-refractivity contribution is 5.84. The lowest BCUT2D eigenvalue weighted by molar-refractivity contribution is 0.113. The number of H-pyrrole nitrogens is 1. The molecule has 5 heteroatoms. The number of amides is 1. The number of aromatic amines is 1. The van der Waals surface area contributed by atoms with Gasteiger partial charge in [-0.25, -0.2) is 4.79 Å². The van der Waals surface area contributed by atoms with Crippen LogP contribution >= 0.6 is 0 Å². The number of aromatic nitrogens is 1. The highest BCUT2D eigenvalue weighted by atomic mass is 16.4. The van der Waals surface area contributed by atoms with E-state index in [0.717, 1.165) is 16.5 Å². The van der Waals surface area contributed by atoms with Crippen LogP contribution in [0.4, 0.5) is 4.79 Å². The van der Waals surface area contributed by atoms with Crippen molar-refractivity contribution in [3.8, 4) is 0 Å². The van der Waals surface area contributed by atoms with Gasteiger partial charge in [-0.05, 0) is 17.7 Å². The van der Waals surface area contributed by atoms with Crippen molar-refractivity contribution in [2.45, 2.75) is 6.04 Å². The van der Waals surface area contributed by atoms with Gasteiger partial charge in [0, 0.05) is 36.7 Å². The fraction of sp³-hybridized carbons (Fsp3) is 0.308. The minimum Gasteiger partial charge on any atom is -0.465 e. The summed E-state index contributed by atoms with van der Waals surface area (Å²) in [5, 5.41) is 13.6. The van der Waals surface area contributed by atoms with Crippen molar-refractivity contribution >= 4 is 17.0 Å². The van der Waals surface area contributed by atoms with E-state index < -0.39 is 6.09 Å². The largest absolute Gasteiger partial charge is 0.465 e. The van der Waals surface area contributed by atoms with E-state index in [-0.39, 0.29) is 6.04 Å². The summed E-state index contributed by atoms with van der Waals surface area (Å²) < 4.78 is 0. The monoisotopic (exact) mass is 245 g/mol. The summed E-state index contributed by atoms with van der Waals surface area (Å²) >= 11 is 0. The molecule has 3 N–H and O–H groups in total. The van der Waals surface area contributed by atoms with Crippen molar-refractivity contribution < 1.29 is 9.90 Å². The Bertz CT molecular complexity index is 578. The SMILES string of the molecule is O=C(O)N1CCNCC1c1cccc2[nH]ccc12. The number of hydrogen-bond acceptors (Lipinski definition) is 2. The van der Waals surface area contributed by atoms with Gasteiger partial charge in [0.1, 0.15) is 0 Å². The molecule has 0 saturated carbocycles. The molecule has 3 rings (SSSR count). The quantitative estimate of drug-likeness (QED) is 0.717. The summed E-state index contributed by atoms with van der Waals surface area (Å²) in [6.45, 7) is 1.91. The Kier molecular flexibility index (Phi) is 2.68. The number of fused-ring (bicyclic) bond motifs is 1. The van der Waals surface area contributed by atoms with Crippen LogP contribution in [-0.2, 0) is 0 Å². The molecule has 1 aliphatic heterocycles. The molecule has 1 amide bonds. The third-order valence-corrected chi connectivity index (χ3v) is 3.48. The van der Waals surface area contributed by atoms with Crippen molar-refractivity contribution in [3.05, 3.63) is 36.0 Å². The van der Waals surface area contributed by atoms with E-state index in [0.29, 0.717) is 19.6 Å². The molecule has 1 unspecified atom stereocenters. The van der Waals surface area contributed by atoms with Crippen molar-refractivity contribution in [1.82, 2.24) is 15.2 Å². The Balaban J connectivity index is 2.06. The number of hydrogen-bond donors (Lipinski definition) is 3. The third-order valence-electron chi connectivity index (χ3n) is 3.48. The lowest BCUT2D eigenvalue weighted by atomic mass is 10.00. The van der Waals surface area contributed by atoms with Crippen molar-refractivity contribution in [1.29, 1.82) is 0 Å². The first-order chi connectivity index (χ1) is 8.77. The molecule has 5 nitrogen and oxygen atoms in total. The van der Waals surface area contributed by atoms with Crippen LogP contribution in [0.5, 0.6) is 0 Å². The number of carboxylic acid groups (broad SMARTS) is 1. The fourth-order valence-corrected chi connectivity index (χ4v) is 2.61. The van der Waals surface area contributed by atoms with Crippen molar-refractivity contribution in [2.75, 3.05) is 19.6 Å². The normalized spacial score (nSPS) is 20.2. The van der Waals surface area contributed by atoms with Gasteiger partial charge in [0.15, 0.2) is 0 Å².